The number of amides is 1. The van der Waals surface area contributed by atoms with Crippen LogP contribution >= 0.6 is 0 Å². The fraction of sp³-hybridized carbons (Fsp3) is 0.818. The molecule has 4 heteroatoms. The highest BCUT2D eigenvalue weighted by molar-refractivity contribution is 5.82. The molecule has 1 amide bonds. The van der Waals surface area contributed by atoms with Crippen molar-refractivity contribution in [1.29, 1.82) is 5.26 Å². The quantitative estimate of drug-likeness (QED) is 0.748. The molecule has 0 aliphatic carbocycles. The molecule has 0 aromatic heterocycles. The number of hydrogen-bond donors (Lipinski definition) is 1. The average Bonchev–Trinajstić information content (AvgIpc) is 2.70. The lowest BCUT2D eigenvalue weighted by atomic mass is 10.1. The van der Waals surface area contributed by atoms with Crippen LogP contribution in [0.3, 0.4) is 0 Å². The van der Waals surface area contributed by atoms with E-state index in [1.807, 2.05) is 13.8 Å². The van der Waals surface area contributed by atoms with Gasteiger partial charge >= 0.3 is 0 Å². The summed E-state index contributed by atoms with van der Waals surface area (Å²) in [7, 11) is 0. The van der Waals surface area contributed by atoms with Crippen LogP contribution in [0.5, 0.6) is 0 Å². The topological polar surface area (TPSA) is 56.1 Å². The minimum atomic E-state index is -0.0221. The van der Waals surface area contributed by atoms with Gasteiger partial charge in [-0.1, -0.05) is 0 Å². The van der Waals surface area contributed by atoms with Crippen LogP contribution < -0.4 is 5.32 Å². The van der Waals surface area contributed by atoms with E-state index >= 15 is 0 Å². The van der Waals surface area contributed by atoms with Crippen molar-refractivity contribution in [2.24, 2.45) is 0 Å². The fourth-order valence-corrected chi connectivity index (χ4v) is 1.89. The van der Waals surface area contributed by atoms with Crippen molar-refractivity contribution in [2.75, 3.05) is 13.1 Å². The molecule has 1 fully saturated rings. The molecule has 0 saturated carbocycles. The molecule has 0 aromatic rings. The van der Waals surface area contributed by atoms with Crippen LogP contribution in [0.1, 0.15) is 33.1 Å². The molecule has 1 rings (SSSR count). The summed E-state index contributed by atoms with van der Waals surface area (Å²) >= 11 is 0. The van der Waals surface area contributed by atoms with Gasteiger partial charge in [0.15, 0.2) is 0 Å². The maximum atomic E-state index is 12.0. The molecule has 1 aliphatic heterocycles. The van der Waals surface area contributed by atoms with Crippen LogP contribution in [-0.4, -0.2) is 36.0 Å². The van der Waals surface area contributed by atoms with Gasteiger partial charge in [-0.25, -0.2) is 0 Å². The van der Waals surface area contributed by atoms with Crippen molar-refractivity contribution >= 4 is 5.91 Å². The third kappa shape index (κ3) is 3.21. The largest absolute Gasteiger partial charge is 0.338 e. The minimum absolute atomic E-state index is 0.0221. The average molecular weight is 209 g/mol. The maximum absolute atomic E-state index is 12.0. The number of nitrogens with one attached hydrogen (secondary N) is 1. The van der Waals surface area contributed by atoms with Gasteiger partial charge < -0.3 is 10.2 Å². The molecule has 1 saturated heterocycles. The van der Waals surface area contributed by atoms with E-state index in [9.17, 15) is 4.79 Å². The molecule has 15 heavy (non-hydrogen) atoms. The van der Waals surface area contributed by atoms with Crippen molar-refractivity contribution in [3.8, 4) is 6.07 Å². The zero-order chi connectivity index (χ0) is 11.3. The Morgan fingerprint density at radius 3 is 2.87 bits per heavy atom. The summed E-state index contributed by atoms with van der Waals surface area (Å²) in [6.07, 6.45) is 2.41. The molecule has 84 valence electrons. The smallest absolute Gasteiger partial charge is 0.239 e. The van der Waals surface area contributed by atoms with Crippen LogP contribution in [0.2, 0.25) is 0 Å². The van der Waals surface area contributed by atoms with E-state index in [0.29, 0.717) is 13.0 Å². The molecule has 1 heterocycles. The molecular formula is C11H19N3O. The van der Waals surface area contributed by atoms with E-state index in [1.54, 1.807) is 4.90 Å². The summed E-state index contributed by atoms with van der Waals surface area (Å²) in [6, 6.07) is 2.24. The molecule has 0 spiro atoms. The van der Waals surface area contributed by atoms with Crippen molar-refractivity contribution in [3.05, 3.63) is 0 Å². The fourth-order valence-electron chi connectivity index (χ4n) is 1.89. The maximum Gasteiger partial charge on any atom is 0.239 e. The van der Waals surface area contributed by atoms with Crippen LogP contribution in [0.15, 0.2) is 0 Å². The van der Waals surface area contributed by atoms with Crippen LogP contribution in [0.4, 0.5) is 0 Å². The molecule has 0 radical (unpaired) electrons. The van der Waals surface area contributed by atoms with Crippen molar-refractivity contribution in [1.82, 2.24) is 10.2 Å². The van der Waals surface area contributed by atoms with Gasteiger partial charge in [-0.05, 0) is 33.2 Å². The predicted molar refractivity (Wildman–Crippen MR) is 58.1 cm³/mol. The molecule has 4 nitrogen and oxygen atoms in total. The van der Waals surface area contributed by atoms with E-state index in [-0.39, 0.29) is 18.0 Å². The second-order valence-electron chi connectivity index (χ2n) is 4.18. The Bertz CT molecular complexity index is 251. The highest BCUT2D eigenvalue weighted by atomic mass is 16.2. The number of hydrogen-bond acceptors (Lipinski definition) is 3. The Morgan fingerprint density at radius 1 is 1.67 bits per heavy atom. The lowest BCUT2D eigenvalue weighted by Crippen LogP contribution is -2.47. The SMILES string of the molecule is CC(C)N(CCC#N)C(=O)C1CCCN1. The molecule has 1 atom stereocenters. The summed E-state index contributed by atoms with van der Waals surface area (Å²) < 4.78 is 0. The third-order valence-electron chi connectivity index (χ3n) is 2.73. The monoisotopic (exact) mass is 209 g/mol. The Hall–Kier alpha value is -1.08. The highest BCUT2D eigenvalue weighted by Crippen LogP contribution is 2.11. The van der Waals surface area contributed by atoms with E-state index in [1.165, 1.54) is 0 Å². The first-order valence-electron chi connectivity index (χ1n) is 5.57. The summed E-state index contributed by atoms with van der Waals surface area (Å²) in [5.41, 5.74) is 0. The van der Waals surface area contributed by atoms with Crippen molar-refractivity contribution in [2.45, 2.75) is 45.2 Å². The molecule has 1 N–H and O–H groups in total. The Morgan fingerprint density at radius 2 is 2.40 bits per heavy atom. The predicted octanol–water partition coefficient (Wildman–Crippen LogP) is 0.889. The second kappa shape index (κ2) is 5.72. The highest BCUT2D eigenvalue weighted by Gasteiger charge is 2.27. The van der Waals surface area contributed by atoms with Gasteiger partial charge in [0.2, 0.25) is 5.91 Å². The number of carbonyl (C=O) groups excluding carboxylic acids is 1. The zero-order valence-corrected chi connectivity index (χ0v) is 9.49. The summed E-state index contributed by atoms with van der Waals surface area (Å²) in [5.74, 6) is 0.151. The van der Waals surface area contributed by atoms with Crippen LogP contribution in [0.25, 0.3) is 0 Å². The number of nitriles is 1. The molecular weight excluding hydrogens is 190 g/mol. The van der Waals surface area contributed by atoms with Crippen LogP contribution in [0, 0.1) is 11.3 Å². The summed E-state index contributed by atoms with van der Waals surface area (Å²) in [4.78, 5) is 13.8. The molecule has 1 aliphatic rings. The van der Waals surface area contributed by atoms with E-state index in [4.69, 9.17) is 5.26 Å². The van der Waals surface area contributed by atoms with Gasteiger partial charge in [0.1, 0.15) is 0 Å². The Kier molecular flexibility index (Phi) is 4.57. The van der Waals surface area contributed by atoms with E-state index < -0.39 is 0 Å². The molecule has 0 aromatic carbocycles. The lowest BCUT2D eigenvalue weighted by molar-refractivity contribution is -0.134. The normalized spacial score (nSPS) is 20.3. The standard InChI is InChI=1S/C11H19N3O/c1-9(2)14(8-4-6-12)11(15)10-5-3-7-13-10/h9-10,13H,3-5,7-8H2,1-2H3. The van der Waals surface area contributed by atoms with E-state index in [0.717, 1.165) is 19.4 Å². The van der Waals surface area contributed by atoms with Gasteiger partial charge in [0, 0.05) is 12.6 Å². The third-order valence-corrected chi connectivity index (χ3v) is 2.73. The first-order chi connectivity index (χ1) is 7.16. The van der Waals surface area contributed by atoms with Gasteiger partial charge in [-0.3, -0.25) is 4.79 Å². The van der Waals surface area contributed by atoms with Gasteiger partial charge in [0.25, 0.3) is 0 Å². The number of rotatable bonds is 4. The Balaban J connectivity index is 2.54. The summed E-state index contributed by atoms with van der Waals surface area (Å²) in [6.45, 7) is 5.46. The van der Waals surface area contributed by atoms with E-state index in [2.05, 4.69) is 11.4 Å². The Labute approximate surface area is 91.2 Å². The minimum Gasteiger partial charge on any atom is -0.338 e. The summed E-state index contributed by atoms with van der Waals surface area (Å²) in [5, 5.41) is 11.7. The lowest BCUT2D eigenvalue weighted by Gasteiger charge is -2.28. The molecule has 0 bridgehead atoms. The zero-order valence-electron chi connectivity index (χ0n) is 9.49. The molecule has 1 unspecified atom stereocenters. The van der Waals surface area contributed by atoms with Gasteiger partial charge in [0.05, 0.1) is 18.5 Å². The van der Waals surface area contributed by atoms with Crippen molar-refractivity contribution in [3.63, 3.8) is 0 Å². The van der Waals surface area contributed by atoms with Crippen LogP contribution in [-0.2, 0) is 4.79 Å². The second-order valence-corrected chi connectivity index (χ2v) is 4.18. The van der Waals surface area contributed by atoms with Crippen molar-refractivity contribution < 1.29 is 4.79 Å². The number of carbonyl (C=O) groups is 1. The first-order valence-corrected chi connectivity index (χ1v) is 5.57. The first kappa shape index (κ1) is 12.0. The number of nitrogens with zero attached hydrogens (tertiary/aromatic N) is 2. The van der Waals surface area contributed by atoms with Gasteiger partial charge in [-0.2, -0.15) is 5.26 Å². The van der Waals surface area contributed by atoms with Gasteiger partial charge in [-0.15, -0.1) is 0 Å².